The summed E-state index contributed by atoms with van der Waals surface area (Å²) < 4.78 is 5.18. The van der Waals surface area contributed by atoms with E-state index in [1.807, 2.05) is 4.90 Å². The van der Waals surface area contributed by atoms with Crippen molar-refractivity contribution in [1.29, 1.82) is 0 Å². The highest BCUT2D eigenvalue weighted by molar-refractivity contribution is 6.34. The number of ketones is 1. The molecule has 146 valence electrons. The zero-order chi connectivity index (χ0) is 20.1. The number of anilines is 1. The summed E-state index contributed by atoms with van der Waals surface area (Å²) in [4.78, 5) is 37.1. The molecule has 0 saturated carbocycles. The van der Waals surface area contributed by atoms with Crippen LogP contribution in [-0.4, -0.2) is 36.4 Å². The minimum atomic E-state index is -0.428. The van der Waals surface area contributed by atoms with Crippen LogP contribution in [0.2, 0.25) is 5.02 Å². The average Bonchev–Trinajstić information content (AvgIpc) is 2.72. The number of para-hydroxylation sites is 2. The molecule has 8 heteroatoms. The van der Waals surface area contributed by atoms with Crippen LogP contribution in [0.25, 0.3) is 0 Å². The van der Waals surface area contributed by atoms with Crippen LogP contribution in [0.3, 0.4) is 0 Å². The Balaban J connectivity index is 1.54. The molecule has 0 aromatic heterocycles. The lowest BCUT2D eigenvalue weighted by molar-refractivity contribution is -0.384. The SMILES string of the molecule is O=C(COC(=O)C1CCN(c2ccccc2[N+](=O)[O-])CC1)c1ccccc1Cl. The number of hydrogen-bond acceptors (Lipinski definition) is 6. The number of nitrogens with zero attached hydrogens (tertiary/aromatic N) is 2. The average molecular weight is 403 g/mol. The first-order valence-electron chi connectivity index (χ1n) is 8.90. The quantitative estimate of drug-likeness (QED) is 0.315. The number of carbonyl (C=O) groups is 2. The van der Waals surface area contributed by atoms with Crippen LogP contribution in [0.1, 0.15) is 23.2 Å². The molecule has 2 aromatic carbocycles. The number of nitro groups is 1. The van der Waals surface area contributed by atoms with Crippen molar-refractivity contribution in [3.05, 3.63) is 69.2 Å². The summed E-state index contributed by atoms with van der Waals surface area (Å²) >= 11 is 5.98. The molecule has 0 spiro atoms. The van der Waals surface area contributed by atoms with Gasteiger partial charge in [-0.1, -0.05) is 35.9 Å². The minimum absolute atomic E-state index is 0.0499. The van der Waals surface area contributed by atoms with Gasteiger partial charge in [-0.2, -0.15) is 0 Å². The van der Waals surface area contributed by atoms with Gasteiger partial charge in [0, 0.05) is 24.7 Å². The Labute approximate surface area is 167 Å². The van der Waals surface area contributed by atoms with Crippen molar-refractivity contribution in [2.45, 2.75) is 12.8 Å². The normalized spacial score (nSPS) is 14.5. The number of rotatable bonds is 6. The molecule has 0 radical (unpaired) electrons. The lowest BCUT2D eigenvalue weighted by Crippen LogP contribution is -2.37. The minimum Gasteiger partial charge on any atom is -0.457 e. The maximum Gasteiger partial charge on any atom is 0.309 e. The van der Waals surface area contributed by atoms with Crippen molar-refractivity contribution >= 4 is 34.7 Å². The van der Waals surface area contributed by atoms with E-state index >= 15 is 0 Å². The molecule has 0 N–H and O–H groups in total. The number of Topliss-reactive ketones (excluding diaryl/α,β-unsaturated/α-hetero) is 1. The van der Waals surface area contributed by atoms with Crippen LogP contribution in [0.4, 0.5) is 11.4 Å². The molecule has 3 rings (SSSR count). The zero-order valence-corrected chi connectivity index (χ0v) is 15.8. The molecule has 0 atom stereocenters. The molecule has 1 aliphatic rings. The fraction of sp³-hybridized carbons (Fsp3) is 0.300. The highest BCUT2D eigenvalue weighted by Gasteiger charge is 2.29. The maximum atomic E-state index is 12.3. The fourth-order valence-electron chi connectivity index (χ4n) is 3.26. The number of benzene rings is 2. The topological polar surface area (TPSA) is 89.8 Å². The van der Waals surface area contributed by atoms with Gasteiger partial charge in [0.1, 0.15) is 5.69 Å². The number of halogens is 1. The number of esters is 1. The molecule has 28 heavy (non-hydrogen) atoms. The second-order valence-corrected chi connectivity index (χ2v) is 6.93. The Morgan fingerprint density at radius 2 is 1.75 bits per heavy atom. The first kappa shape index (κ1) is 19.8. The van der Waals surface area contributed by atoms with Gasteiger partial charge < -0.3 is 9.64 Å². The smallest absolute Gasteiger partial charge is 0.309 e. The van der Waals surface area contributed by atoms with Crippen molar-refractivity contribution in [1.82, 2.24) is 0 Å². The summed E-state index contributed by atoms with van der Waals surface area (Å²) in [5.41, 5.74) is 0.922. The molecule has 0 amide bonds. The van der Waals surface area contributed by atoms with Gasteiger partial charge in [0.25, 0.3) is 5.69 Å². The van der Waals surface area contributed by atoms with Crippen molar-refractivity contribution < 1.29 is 19.2 Å². The van der Waals surface area contributed by atoms with Gasteiger partial charge in [-0.15, -0.1) is 0 Å². The number of carbonyl (C=O) groups excluding carboxylic acids is 2. The Morgan fingerprint density at radius 3 is 2.43 bits per heavy atom. The molecule has 2 aromatic rings. The van der Waals surface area contributed by atoms with Crippen LogP contribution in [0.5, 0.6) is 0 Å². The molecule has 1 heterocycles. The molecular weight excluding hydrogens is 384 g/mol. The van der Waals surface area contributed by atoms with Crippen LogP contribution in [0, 0.1) is 16.0 Å². The largest absolute Gasteiger partial charge is 0.457 e. The molecular formula is C20H19ClN2O5. The van der Waals surface area contributed by atoms with E-state index in [4.69, 9.17) is 16.3 Å². The van der Waals surface area contributed by atoms with E-state index in [0.29, 0.717) is 42.2 Å². The third-order valence-corrected chi connectivity index (χ3v) is 5.10. The maximum absolute atomic E-state index is 12.3. The van der Waals surface area contributed by atoms with E-state index in [1.165, 1.54) is 6.07 Å². The lowest BCUT2D eigenvalue weighted by atomic mass is 9.96. The number of ether oxygens (including phenoxy) is 1. The van der Waals surface area contributed by atoms with Crippen molar-refractivity contribution in [3.63, 3.8) is 0 Å². The van der Waals surface area contributed by atoms with Gasteiger partial charge in [-0.3, -0.25) is 19.7 Å². The molecule has 0 aliphatic carbocycles. The standard InChI is InChI=1S/C20H19ClN2O5/c21-16-6-2-1-5-15(16)19(24)13-28-20(25)14-9-11-22(12-10-14)17-7-3-4-8-18(17)23(26)27/h1-8,14H,9-13H2. The van der Waals surface area contributed by atoms with Gasteiger partial charge in [-0.05, 0) is 31.0 Å². The number of hydrogen-bond donors (Lipinski definition) is 0. The number of nitro benzene ring substituents is 1. The Bertz CT molecular complexity index is 894. The van der Waals surface area contributed by atoms with E-state index in [-0.39, 0.29) is 24.0 Å². The van der Waals surface area contributed by atoms with Gasteiger partial charge in [0.2, 0.25) is 5.78 Å². The summed E-state index contributed by atoms with van der Waals surface area (Å²) in [5.74, 6) is -1.11. The predicted molar refractivity (Wildman–Crippen MR) is 105 cm³/mol. The molecule has 0 bridgehead atoms. The van der Waals surface area contributed by atoms with Gasteiger partial charge in [-0.25, -0.2) is 0 Å². The predicted octanol–water partition coefficient (Wildman–Crippen LogP) is 3.89. The molecule has 7 nitrogen and oxygen atoms in total. The van der Waals surface area contributed by atoms with Crippen LogP contribution >= 0.6 is 11.6 Å². The molecule has 1 aliphatic heterocycles. The summed E-state index contributed by atoms with van der Waals surface area (Å²) in [5, 5.41) is 11.5. The van der Waals surface area contributed by atoms with Crippen LogP contribution < -0.4 is 4.90 Å². The summed E-state index contributed by atoms with van der Waals surface area (Å²) in [7, 11) is 0. The highest BCUT2D eigenvalue weighted by Crippen LogP contribution is 2.31. The first-order valence-corrected chi connectivity index (χ1v) is 9.28. The van der Waals surface area contributed by atoms with Crippen LogP contribution in [0.15, 0.2) is 48.5 Å². The third-order valence-electron chi connectivity index (χ3n) is 4.77. The zero-order valence-electron chi connectivity index (χ0n) is 15.0. The Morgan fingerprint density at radius 1 is 1.11 bits per heavy atom. The summed E-state index contributed by atoms with van der Waals surface area (Å²) in [6.07, 6.45) is 1.01. The van der Waals surface area contributed by atoms with E-state index in [1.54, 1.807) is 42.5 Å². The first-order chi connectivity index (χ1) is 13.5. The van der Waals surface area contributed by atoms with Crippen molar-refractivity contribution in [3.8, 4) is 0 Å². The van der Waals surface area contributed by atoms with Gasteiger partial charge in [0.05, 0.1) is 15.9 Å². The molecule has 1 saturated heterocycles. The van der Waals surface area contributed by atoms with E-state index in [0.717, 1.165) is 0 Å². The van der Waals surface area contributed by atoms with Crippen molar-refractivity contribution in [2.75, 3.05) is 24.6 Å². The summed E-state index contributed by atoms with van der Waals surface area (Å²) in [6, 6.07) is 13.2. The van der Waals surface area contributed by atoms with Crippen molar-refractivity contribution in [2.24, 2.45) is 5.92 Å². The Hall–Kier alpha value is -2.93. The molecule has 1 fully saturated rings. The Kier molecular flexibility index (Phi) is 6.26. The summed E-state index contributed by atoms with van der Waals surface area (Å²) in [6.45, 7) is 0.652. The van der Waals surface area contributed by atoms with E-state index in [9.17, 15) is 19.7 Å². The fourth-order valence-corrected chi connectivity index (χ4v) is 3.50. The monoisotopic (exact) mass is 402 g/mol. The van der Waals surface area contributed by atoms with Gasteiger partial charge in [0.15, 0.2) is 6.61 Å². The van der Waals surface area contributed by atoms with E-state index in [2.05, 4.69) is 0 Å². The van der Waals surface area contributed by atoms with Gasteiger partial charge >= 0.3 is 5.97 Å². The lowest BCUT2D eigenvalue weighted by Gasteiger charge is -2.32. The second kappa shape index (κ2) is 8.84. The highest BCUT2D eigenvalue weighted by atomic mass is 35.5. The second-order valence-electron chi connectivity index (χ2n) is 6.52. The molecule has 0 unspecified atom stereocenters. The number of piperidine rings is 1. The van der Waals surface area contributed by atoms with E-state index < -0.39 is 10.9 Å². The third kappa shape index (κ3) is 4.48. The van der Waals surface area contributed by atoms with Crippen LogP contribution in [-0.2, 0) is 9.53 Å².